The molecule has 10 heteroatoms. The number of pyridine rings is 2. The summed E-state index contributed by atoms with van der Waals surface area (Å²) in [5, 5.41) is 10.8. The van der Waals surface area contributed by atoms with Gasteiger partial charge < -0.3 is 14.3 Å². The molecule has 3 aromatic heterocycles. The highest BCUT2D eigenvalue weighted by Gasteiger charge is 2.20. The van der Waals surface area contributed by atoms with Crippen LogP contribution in [0.1, 0.15) is 19.4 Å². The number of nitrogens with one attached hydrogen (secondary N) is 1. The monoisotopic (exact) mass is 504 g/mol. The van der Waals surface area contributed by atoms with Crippen LogP contribution in [0.4, 0.5) is 3.89 Å². The zero-order chi connectivity index (χ0) is 25.8. The van der Waals surface area contributed by atoms with Gasteiger partial charge >= 0.3 is 10.2 Å². The van der Waals surface area contributed by atoms with E-state index >= 15 is 0 Å². The summed E-state index contributed by atoms with van der Waals surface area (Å²) in [7, 11) is -3.17. The number of H-pyrrole nitrogens is 1. The molecule has 8 nitrogen and oxygen atoms in total. The Kier molecular flexibility index (Phi) is 5.53. The van der Waals surface area contributed by atoms with Crippen LogP contribution >= 0.6 is 0 Å². The number of aromatic amines is 1. The summed E-state index contributed by atoms with van der Waals surface area (Å²) in [6.07, 6.45) is 2.36. The highest BCUT2D eigenvalue weighted by molar-refractivity contribution is 7.86. The molecule has 0 amide bonds. The summed E-state index contributed by atoms with van der Waals surface area (Å²) >= 11 is 0. The van der Waals surface area contributed by atoms with Gasteiger partial charge in [-0.15, -0.1) is 3.89 Å². The van der Waals surface area contributed by atoms with Crippen molar-refractivity contribution >= 4 is 43.1 Å². The molecule has 3 heterocycles. The first-order valence-electron chi connectivity index (χ1n) is 11.1. The van der Waals surface area contributed by atoms with E-state index in [4.69, 9.17) is 4.74 Å². The Bertz CT molecular complexity index is 1900. The molecule has 2 aromatic carbocycles. The third kappa shape index (κ3) is 3.87. The predicted molar refractivity (Wildman–Crippen MR) is 135 cm³/mol. The quantitative estimate of drug-likeness (QED) is 0.344. The molecular weight excluding hydrogens is 483 g/mol. The van der Waals surface area contributed by atoms with Gasteiger partial charge in [-0.2, -0.15) is 13.7 Å². The zero-order valence-corrected chi connectivity index (χ0v) is 20.5. The van der Waals surface area contributed by atoms with Crippen molar-refractivity contribution in [2.24, 2.45) is 13.0 Å². The Morgan fingerprint density at radius 2 is 1.94 bits per heavy atom. The lowest BCUT2D eigenvalue weighted by molar-refractivity contribution is 0.272. The molecule has 0 bridgehead atoms. The van der Waals surface area contributed by atoms with Gasteiger partial charge in [0.05, 0.1) is 34.5 Å². The van der Waals surface area contributed by atoms with E-state index in [9.17, 15) is 22.4 Å². The minimum absolute atomic E-state index is 0.178. The summed E-state index contributed by atoms with van der Waals surface area (Å²) in [5.74, 6) is 0.534. The molecule has 0 atom stereocenters. The second kappa shape index (κ2) is 8.46. The van der Waals surface area contributed by atoms with Crippen LogP contribution in [0.15, 0.2) is 58.5 Å². The molecule has 0 spiro atoms. The van der Waals surface area contributed by atoms with E-state index in [1.165, 1.54) is 12.3 Å². The molecule has 0 unspecified atom stereocenters. The maximum absolute atomic E-state index is 13.7. The van der Waals surface area contributed by atoms with Crippen LogP contribution < -0.4 is 10.2 Å². The van der Waals surface area contributed by atoms with Gasteiger partial charge in [0.2, 0.25) is 0 Å². The number of hydrogen-bond acceptors (Lipinski definition) is 6. The third-order valence-corrected chi connectivity index (χ3v) is 6.84. The van der Waals surface area contributed by atoms with E-state index in [-0.39, 0.29) is 11.3 Å². The SMILES string of the molecule is CC(C)COc1cc2c(=O)c3c4ccc(C#N)cc4[nH]c3n(C)c2cc1-c1cncc(S(=O)(=O)F)c1. The first-order chi connectivity index (χ1) is 17.1. The number of ether oxygens (including phenoxy) is 1. The lowest BCUT2D eigenvalue weighted by Crippen LogP contribution is -2.11. The standard InChI is InChI=1S/C26H21FN4O4S/c1-14(2)13-35-23-9-20-22(8-19(23)16-7-17(12-29-11-16)36(27,33)34)31(3)26-24(25(20)32)18-5-4-15(10-28)6-21(18)30-26/h4-9,11-12,14,30H,13H2,1-3H3. The molecule has 0 saturated heterocycles. The minimum Gasteiger partial charge on any atom is -0.493 e. The summed E-state index contributed by atoms with van der Waals surface area (Å²) < 4.78 is 44.5. The lowest BCUT2D eigenvalue weighted by Gasteiger charge is -2.16. The van der Waals surface area contributed by atoms with Crippen molar-refractivity contribution in [3.05, 3.63) is 64.6 Å². The van der Waals surface area contributed by atoms with Crippen LogP contribution in [0.3, 0.4) is 0 Å². The fraction of sp³-hybridized carbons (Fsp3) is 0.192. The maximum atomic E-state index is 13.7. The summed E-state index contributed by atoms with van der Waals surface area (Å²) in [5.41, 5.74) is 2.84. The molecule has 1 N–H and O–H groups in total. The Morgan fingerprint density at radius 3 is 2.64 bits per heavy atom. The average molecular weight is 505 g/mol. The van der Waals surface area contributed by atoms with Gasteiger partial charge in [-0.05, 0) is 36.2 Å². The number of aromatic nitrogens is 3. The Morgan fingerprint density at radius 1 is 1.17 bits per heavy atom. The predicted octanol–water partition coefficient (Wildman–Crippen LogP) is 4.80. The van der Waals surface area contributed by atoms with Crippen LogP contribution in [-0.2, 0) is 17.3 Å². The third-order valence-electron chi connectivity index (χ3n) is 6.05. The van der Waals surface area contributed by atoms with Gasteiger partial charge in [0, 0.05) is 41.5 Å². The number of rotatable bonds is 5. The van der Waals surface area contributed by atoms with E-state index < -0.39 is 15.1 Å². The van der Waals surface area contributed by atoms with Crippen molar-refractivity contribution in [1.29, 1.82) is 5.26 Å². The second-order valence-electron chi connectivity index (χ2n) is 9.03. The number of halogens is 1. The van der Waals surface area contributed by atoms with E-state index in [0.717, 1.165) is 6.20 Å². The number of benzene rings is 2. The van der Waals surface area contributed by atoms with E-state index in [0.29, 0.717) is 61.9 Å². The van der Waals surface area contributed by atoms with Gasteiger partial charge in [0.1, 0.15) is 16.3 Å². The first kappa shape index (κ1) is 23.5. The number of aryl methyl sites for hydroxylation is 1. The smallest absolute Gasteiger partial charge is 0.333 e. The molecule has 0 aliphatic rings. The fourth-order valence-corrected chi connectivity index (χ4v) is 4.77. The lowest BCUT2D eigenvalue weighted by atomic mass is 10.0. The topological polar surface area (TPSA) is 118 Å². The van der Waals surface area contributed by atoms with Crippen LogP contribution in [-0.4, -0.2) is 29.6 Å². The van der Waals surface area contributed by atoms with Crippen molar-refractivity contribution < 1.29 is 17.0 Å². The van der Waals surface area contributed by atoms with Crippen molar-refractivity contribution in [2.75, 3.05) is 6.61 Å². The van der Waals surface area contributed by atoms with Crippen molar-refractivity contribution in [3.8, 4) is 22.9 Å². The van der Waals surface area contributed by atoms with Gasteiger partial charge in [-0.1, -0.05) is 19.9 Å². The summed E-state index contributed by atoms with van der Waals surface area (Å²) in [6, 6.07) is 11.7. The normalized spacial score (nSPS) is 12.0. The fourth-order valence-electron chi connectivity index (χ4n) is 4.32. The van der Waals surface area contributed by atoms with Crippen LogP contribution in [0.2, 0.25) is 0 Å². The molecule has 36 heavy (non-hydrogen) atoms. The van der Waals surface area contributed by atoms with E-state index in [1.54, 1.807) is 37.4 Å². The summed E-state index contributed by atoms with van der Waals surface area (Å²) in [6.45, 7) is 4.30. The number of nitrogens with zero attached hydrogens (tertiary/aromatic N) is 3. The molecule has 0 aliphatic heterocycles. The Hall–Kier alpha value is -4.23. The van der Waals surface area contributed by atoms with Gasteiger partial charge in [-0.25, -0.2) is 0 Å². The summed E-state index contributed by atoms with van der Waals surface area (Å²) in [4.78, 5) is 20.3. The highest BCUT2D eigenvalue weighted by Crippen LogP contribution is 2.36. The molecule has 0 radical (unpaired) electrons. The molecular formula is C26H21FN4O4S. The van der Waals surface area contributed by atoms with Crippen LogP contribution in [0.5, 0.6) is 5.75 Å². The van der Waals surface area contributed by atoms with Crippen LogP contribution in [0, 0.1) is 17.2 Å². The van der Waals surface area contributed by atoms with Gasteiger partial charge in [0.25, 0.3) is 0 Å². The van der Waals surface area contributed by atoms with Crippen LogP contribution in [0.25, 0.3) is 44.0 Å². The zero-order valence-electron chi connectivity index (χ0n) is 19.7. The van der Waals surface area contributed by atoms with Gasteiger partial charge in [0.15, 0.2) is 5.43 Å². The van der Waals surface area contributed by atoms with Crippen molar-refractivity contribution in [2.45, 2.75) is 18.7 Å². The molecule has 0 saturated carbocycles. The largest absolute Gasteiger partial charge is 0.493 e. The molecule has 0 fully saturated rings. The molecule has 5 rings (SSSR count). The minimum atomic E-state index is -4.97. The van der Waals surface area contributed by atoms with Crippen molar-refractivity contribution in [1.82, 2.24) is 14.5 Å². The highest BCUT2D eigenvalue weighted by atomic mass is 32.3. The maximum Gasteiger partial charge on any atom is 0.333 e. The van der Waals surface area contributed by atoms with Gasteiger partial charge in [-0.3, -0.25) is 9.78 Å². The Balaban J connectivity index is 1.85. The Labute approximate surface area is 205 Å². The number of fused-ring (bicyclic) bond motifs is 4. The van der Waals surface area contributed by atoms with E-state index in [1.807, 2.05) is 18.4 Å². The number of hydrogen-bond donors (Lipinski definition) is 1. The first-order valence-corrected chi connectivity index (χ1v) is 12.5. The van der Waals surface area contributed by atoms with E-state index in [2.05, 4.69) is 16.0 Å². The molecule has 5 aromatic rings. The average Bonchev–Trinajstić information content (AvgIpc) is 3.24. The van der Waals surface area contributed by atoms with Crippen molar-refractivity contribution in [3.63, 3.8) is 0 Å². The molecule has 182 valence electrons. The number of nitriles is 1. The second-order valence-corrected chi connectivity index (χ2v) is 10.4. The molecule has 0 aliphatic carbocycles.